The Morgan fingerprint density at radius 3 is 2.59 bits per heavy atom. The van der Waals surface area contributed by atoms with Crippen LogP contribution in [0.15, 0.2) is 22.7 Å². The van der Waals surface area contributed by atoms with Gasteiger partial charge in [0.25, 0.3) is 0 Å². The number of halogens is 1. The van der Waals surface area contributed by atoms with Crippen molar-refractivity contribution in [3.05, 3.63) is 28.2 Å². The van der Waals surface area contributed by atoms with E-state index < -0.39 is 5.97 Å². The molecule has 2 N–H and O–H groups in total. The molecule has 0 heterocycles. The fourth-order valence-corrected chi connectivity index (χ4v) is 2.21. The Bertz CT molecular complexity index is 404. The molecular formula is C13H18BrNO2. The first kappa shape index (κ1) is 14.0. The number of carbonyl (C=O) groups is 1. The number of carboxylic acid groups (broad SMARTS) is 1. The quantitative estimate of drug-likeness (QED) is 0.864. The van der Waals surface area contributed by atoms with Crippen LogP contribution in [0.1, 0.15) is 37.6 Å². The summed E-state index contributed by atoms with van der Waals surface area (Å²) in [5.41, 5.74) is 0.976. The molecule has 0 aliphatic rings. The van der Waals surface area contributed by atoms with Crippen LogP contribution in [-0.4, -0.2) is 17.1 Å². The number of benzene rings is 1. The first-order valence-corrected chi connectivity index (χ1v) is 6.48. The van der Waals surface area contributed by atoms with E-state index in [1.807, 2.05) is 6.07 Å². The number of aromatic carboxylic acids is 1. The lowest BCUT2D eigenvalue weighted by atomic mass is 10.0. The minimum absolute atomic E-state index is 0.259. The van der Waals surface area contributed by atoms with Gasteiger partial charge in [-0.3, -0.25) is 0 Å². The van der Waals surface area contributed by atoms with Crippen LogP contribution in [0.5, 0.6) is 0 Å². The van der Waals surface area contributed by atoms with Gasteiger partial charge in [-0.05, 0) is 37.5 Å². The monoisotopic (exact) mass is 299 g/mol. The van der Waals surface area contributed by atoms with Crippen molar-refractivity contribution < 1.29 is 9.90 Å². The number of rotatable bonds is 5. The van der Waals surface area contributed by atoms with E-state index in [0.717, 1.165) is 10.9 Å². The van der Waals surface area contributed by atoms with E-state index in [2.05, 4.69) is 42.0 Å². The zero-order chi connectivity index (χ0) is 13.0. The predicted molar refractivity (Wildman–Crippen MR) is 73.6 cm³/mol. The molecule has 1 atom stereocenters. The van der Waals surface area contributed by atoms with Gasteiger partial charge in [0.15, 0.2) is 0 Å². The van der Waals surface area contributed by atoms with Gasteiger partial charge >= 0.3 is 5.97 Å². The van der Waals surface area contributed by atoms with E-state index in [-0.39, 0.29) is 6.04 Å². The van der Waals surface area contributed by atoms with Crippen molar-refractivity contribution in [3.8, 4) is 0 Å². The van der Waals surface area contributed by atoms with Crippen LogP contribution >= 0.6 is 15.9 Å². The molecule has 4 heteroatoms. The Balaban J connectivity index is 2.86. The van der Waals surface area contributed by atoms with Gasteiger partial charge in [0.2, 0.25) is 0 Å². The van der Waals surface area contributed by atoms with Gasteiger partial charge in [-0.2, -0.15) is 0 Å². The van der Waals surface area contributed by atoms with E-state index in [4.69, 9.17) is 5.11 Å². The molecule has 0 saturated heterocycles. The van der Waals surface area contributed by atoms with Gasteiger partial charge < -0.3 is 10.4 Å². The Labute approximate surface area is 110 Å². The number of hydrogen-bond donors (Lipinski definition) is 2. The second-order valence-corrected chi connectivity index (χ2v) is 5.59. The summed E-state index contributed by atoms with van der Waals surface area (Å²) in [4.78, 5) is 11.1. The summed E-state index contributed by atoms with van der Waals surface area (Å²) in [6, 6.07) is 5.52. The second kappa shape index (κ2) is 6.05. The molecule has 0 aromatic heterocycles. The third-order valence-corrected chi connectivity index (χ3v) is 2.93. The van der Waals surface area contributed by atoms with E-state index in [9.17, 15) is 4.79 Å². The van der Waals surface area contributed by atoms with Crippen LogP contribution in [0.4, 0.5) is 5.69 Å². The van der Waals surface area contributed by atoms with Gasteiger partial charge in [-0.1, -0.05) is 29.8 Å². The van der Waals surface area contributed by atoms with Gasteiger partial charge in [-0.25, -0.2) is 4.79 Å². The van der Waals surface area contributed by atoms with Gasteiger partial charge in [-0.15, -0.1) is 0 Å². The molecule has 0 amide bonds. The number of carboxylic acids is 1. The van der Waals surface area contributed by atoms with Crippen molar-refractivity contribution in [3.63, 3.8) is 0 Å². The number of hydrogen-bond acceptors (Lipinski definition) is 2. The van der Waals surface area contributed by atoms with Crippen molar-refractivity contribution in [1.29, 1.82) is 0 Å². The summed E-state index contributed by atoms with van der Waals surface area (Å²) in [5, 5.41) is 12.4. The lowest BCUT2D eigenvalue weighted by molar-refractivity contribution is 0.0698. The molecule has 1 aromatic carbocycles. The Kier molecular flexibility index (Phi) is 5.00. The number of nitrogens with one attached hydrogen (secondary N) is 1. The van der Waals surface area contributed by atoms with E-state index >= 15 is 0 Å². The largest absolute Gasteiger partial charge is 0.478 e. The minimum Gasteiger partial charge on any atom is -0.478 e. The van der Waals surface area contributed by atoms with Crippen molar-refractivity contribution >= 4 is 27.6 Å². The molecule has 94 valence electrons. The van der Waals surface area contributed by atoms with Crippen LogP contribution in [0.25, 0.3) is 0 Å². The lowest BCUT2D eigenvalue weighted by Crippen LogP contribution is -2.19. The summed E-state index contributed by atoms with van der Waals surface area (Å²) >= 11 is 3.28. The van der Waals surface area contributed by atoms with Gasteiger partial charge in [0.1, 0.15) is 0 Å². The van der Waals surface area contributed by atoms with E-state index in [1.54, 1.807) is 12.1 Å². The predicted octanol–water partition coefficient (Wildman–Crippen LogP) is 3.99. The molecule has 1 aromatic rings. The molecule has 0 spiro atoms. The van der Waals surface area contributed by atoms with Crippen molar-refractivity contribution in [2.75, 3.05) is 5.32 Å². The zero-order valence-corrected chi connectivity index (χ0v) is 11.9. The average molecular weight is 300 g/mol. The van der Waals surface area contributed by atoms with Gasteiger partial charge in [0, 0.05) is 16.2 Å². The highest BCUT2D eigenvalue weighted by Crippen LogP contribution is 2.22. The highest BCUT2D eigenvalue weighted by molar-refractivity contribution is 9.10. The fraction of sp³-hybridized carbons (Fsp3) is 0.462. The zero-order valence-electron chi connectivity index (χ0n) is 10.3. The third-order valence-electron chi connectivity index (χ3n) is 2.44. The molecule has 0 aliphatic heterocycles. The fourth-order valence-electron chi connectivity index (χ4n) is 1.85. The maximum atomic E-state index is 11.1. The molecular weight excluding hydrogens is 282 g/mol. The van der Waals surface area contributed by atoms with Crippen LogP contribution in [0.3, 0.4) is 0 Å². The highest BCUT2D eigenvalue weighted by atomic mass is 79.9. The number of anilines is 1. The lowest BCUT2D eigenvalue weighted by Gasteiger charge is -2.18. The molecule has 0 radical (unpaired) electrons. The summed E-state index contributed by atoms with van der Waals surface area (Å²) in [6.45, 7) is 6.36. The maximum absolute atomic E-state index is 11.1. The van der Waals surface area contributed by atoms with Gasteiger partial charge in [0.05, 0.1) is 5.56 Å². The van der Waals surface area contributed by atoms with Crippen molar-refractivity contribution in [2.45, 2.75) is 33.2 Å². The van der Waals surface area contributed by atoms with Crippen molar-refractivity contribution in [1.82, 2.24) is 0 Å². The standard InChI is InChI=1S/C13H18BrNO2/c1-8(2)6-9(3)15-12-5-4-10(14)7-11(12)13(16)17/h4-5,7-9,15H,6H2,1-3H3,(H,16,17). The molecule has 0 aliphatic carbocycles. The minimum atomic E-state index is -0.912. The van der Waals surface area contributed by atoms with Crippen molar-refractivity contribution in [2.24, 2.45) is 5.92 Å². The molecule has 1 unspecified atom stereocenters. The van der Waals surface area contributed by atoms with E-state index in [1.165, 1.54) is 0 Å². The third kappa shape index (κ3) is 4.38. The maximum Gasteiger partial charge on any atom is 0.337 e. The Morgan fingerprint density at radius 2 is 2.06 bits per heavy atom. The topological polar surface area (TPSA) is 49.3 Å². The summed E-state index contributed by atoms with van der Waals surface area (Å²) in [7, 11) is 0. The smallest absolute Gasteiger partial charge is 0.337 e. The summed E-state index contributed by atoms with van der Waals surface area (Å²) < 4.78 is 0.775. The molecule has 17 heavy (non-hydrogen) atoms. The van der Waals surface area contributed by atoms with E-state index in [0.29, 0.717) is 17.2 Å². The SMILES string of the molecule is CC(C)CC(C)Nc1ccc(Br)cc1C(=O)O. The first-order chi connectivity index (χ1) is 7.90. The Morgan fingerprint density at radius 1 is 1.41 bits per heavy atom. The highest BCUT2D eigenvalue weighted by Gasteiger charge is 2.13. The summed E-state index contributed by atoms with van der Waals surface area (Å²) in [5.74, 6) is -0.327. The van der Waals surface area contributed by atoms with Crippen LogP contribution in [0, 0.1) is 5.92 Å². The summed E-state index contributed by atoms with van der Waals surface area (Å²) in [6.07, 6.45) is 1.01. The average Bonchev–Trinajstić information content (AvgIpc) is 2.19. The van der Waals surface area contributed by atoms with Crippen LogP contribution in [-0.2, 0) is 0 Å². The molecule has 0 fully saturated rings. The Hall–Kier alpha value is -1.03. The molecule has 1 rings (SSSR count). The second-order valence-electron chi connectivity index (χ2n) is 4.67. The molecule has 0 bridgehead atoms. The molecule has 3 nitrogen and oxygen atoms in total. The normalized spacial score (nSPS) is 12.5. The van der Waals surface area contributed by atoms with Crippen LogP contribution in [0.2, 0.25) is 0 Å². The van der Waals surface area contributed by atoms with Crippen LogP contribution < -0.4 is 5.32 Å². The molecule has 0 saturated carbocycles. The first-order valence-electron chi connectivity index (χ1n) is 5.69.